The molecule has 1 aromatic rings. The summed E-state index contributed by atoms with van der Waals surface area (Å²) >= 11 is 0. The van der Waals surface area contributed by atoms with Crippen molar-refractivity contribution < 1.29 is 28.2 Å². The van der Waals surface area contributed by atoms with E-state index in [1.54, 1.807) is 28.0 Å². The highest BCUT2D eigenvalue weighted by molar-refractivity contribution is 5.81. The molecule has 0 unspecified atom stereocenters. The normalized spacial score (nSPS) is 17.8. The summed E-state index contributed by atoms with van der Waals surface area (Å²) in [6.07, 6.45) is 0.579. The SMILES string of the molecule is CC(C)(C)OC(=O)N1CCC(C(=O)OCC(=O)N2CCN(c3ccccc3F)CC2)CC1. The molecule has 0 bridgehead atoms. The molecule has 32 heavy (non-hydrogen) atoms. The highest BCUT2D eigenvalue weighted by Crippen LogP contribution is 2.22. The number of piperidine rings is 1. The summed E-state index contributed by atoms with van der Waals surface area (Å²) in [6, 6.07) is 6.58. The van der Waals surface area contributed by atoms with Crippen molar-refractivity contribution in [2.24, 2.45) is 5.92 Å². The van der Waals surface area contributed by atoms with E-state index in [1.165, 1.54) is 6.07 Å². The maximum atomic E-state index is 13.9. The summed E-state index contributed by atoms with van der Waals surface area (Å²) in [7, 11) is 0. The Morgan fingerprint density at radius 1 is 0.969 bits per heavy atom. The van der Waals surface area contributed by atoms with Gasteiger partial charge in [-0.2, -0.15) is 0 Å². The van der Waals surface area contributed by atoms with Gasteiger partial charge in [-0.3, -0.25) is 9.59 Å². The number of carbonyl (C=O) groups is 3. The highest BCUT2D eigenvalue weighted by Gasteiger charge is 2.31. The second-order valence-corrected chi connectivity index (χ2v) is 9.17. The van der Waals surface area contributed by atoms with Crippen LogP contribution in [0, 0.1) is 11.7 Å². The smallest absolute Gasteiger partial charge is 0.410 e. The van der Waals surface area contributed by atoms with Gasteiger partial charge in [0.2, 0.25) is 0 Å². The van der Waals surface area contributed by atoms with E-state index >= 15 is 0 Å². The van der Waals surface area contributed by atoms with Crippen LogP contribution in [0.1, 0.15) is 33.6 Å². The van der Waals surface area contributed by atoms with Gasteiger partial charge in [0.05, 0.1) is 11.6 Å². The van der Waals surface area contributed by atoms with Crippen LogP contribution < -0.4 is 4.90 Å². The molecule has 2 amide bonds. The maximum absolute atomic E-state index is 13.9. The summed E-state index contributed by atoms with van der Waals surface area (Å²) < 4.78 is 24.6. The number of benzene rings is 1. The number of anilines is 1. The van der Waals surface area contributed by atoms with E-state index < -0.39 is 11.6 Å². The summed E-state index contributed by atoms with van der Waals surface area (Å²) in [5.74, 6) is -1.27. The Morgan fingerprint density at radius 3 is 2.19 bits per heavy atom. The number of ether oxygens (including phenoxy) is 2. The number of hydrogen-bond donors (Lipinski definition) is 0. The fraction of sp³-hybridized carbons (Fsp3) is 0.609. The summed E-state index contributed by atoms with van der Waals surface area (Å²) in [4.78, 5) is 42.1. The third-order valence-corrected chi connectivity index (χ3v) is 5.64. The van der Waals surface area contributed by atoms with Crippen molar-refractivity contribution in [3.8, 4) is 0 Å². The number of halogens is 1. The lowest BCUT2D eigenvalue weighted by Crippen LogP contribution is -2.50. The molecule has 8 nitrogen and oxygen atoms in total. The molecule has 0 radical (unpaired) electrons. The quantitative estimate of drug-likeness (QED) is 0.658. The van der Waals surface area contributed by atoms with Crippen molar-refractivity contribution in [3.63, 3.8) is 0 Å². The molecule has 0 atom stereocenters. The van der Waals surface area contributed by atoms with Gasteiger partial charge in [-0.05, 0) is 45.7 Å². The zero-order chi connectivity index (χ0) is 23.3. The van der Waals surface area contributed by atoms with Gasteiger partial charge < -0.3 is 24.2 Å². The Labute approximate surface area is 188 Å². The molecule has 2 aliphatic heterocycles. The Balaban J connectivity index is 1.38. The van der Waals surface area contributed by atoms with Gasteiger partial charge in [0.15, 0.2) is 6.61 Å². The fourth-order valence-corrected chi connectivity index (χ4v) is 3.87. The lowest BCUT2D eigenvalue weighted by atomic mass is 9.97. The molecule has 1 aromatic carbocycles. The molecule has 0 aliphatic carbocycles. The molecule has 176 valence electrons. The number of piperazine rings is 1. The second-order valence-electron chi connectivity index (χ2n) is 9.17. The Morgan fingerprint density at radius 2 is 1.59 bits per heavy atom. The minimum Gasteiger partial charge on any atom is -0.455 e. The van der Waals surface area contributed by atoms with Gasteiger partial charge in [0.25, 0.3) is 5.91 Å². The van der Waals surface area contributed by atoms with E-state index in [2.05, 4.69) is 0 Å². The average Bonchev–Trinajstić information content (AvgIpc) is 2.76. The minimum atomic E-state index is -0.562. The van der Waals surface area contributed by atoms with Crippen molar-refractivity contribution in [1.82, 2.24) is 9.80 Å². The topological polar surface area (TPSA) is 79.4 Å². The van der Waals surface area contributed by atoms with Gasteiger partial charge in [0, 0.05) is 39.3 Å². The van der Waals surface area contributed by atoms with E-state index in [0.29, 0.717) is 57.8 Å². The van der Waals surface area contributed by atoms with E-state index in [4.69, 9.17) is 9.47 Å². The monoisotopic (exact) mass is 449 g/mol. The zero-order valence-corrected chi connectivity index (χ0v) is 19.0. The maximum Gasteiger partial charge on any atom is 0.410 e. The number of esters is 1. The van der Waals surface area contributed by atoms with Gasteiger partial charge in [-0.1, -0.05) is 12.1 Å². The van der Waals surface area contributed by atoms with E-state index in [-0.39, 0.29) is 30.3 Å². The molecule has 2 fully saturated rings. The van der Waals surface area contributed by atoms with Crippen molar-refractivity contribution in [2.75, 3.05) is 50.8 Å². The first-order valence-electron chi connectivity index (χ1n) is 11.1. The first-order valence-corrected chi connectivity index (χ1v) is 11.1. The van der Waals surface area contributed by atoms with Crippen LogP contribution in [0.5, 0.6) is 0 Å². The van der Waals surface area contributed by atoms with Crippen LogP contribution in [0.4, 0.5) is 14.9 Å². The molecular weight excluding hydrogens is 417 g/mol. The molecule has 2 saturated heterocycles. The Hall–Kier alpha value is -2.84. The molecule has 0 saturated carbocycles. The molecule has 0 N–H and O–H groups in total. The molecule has 0 aromatic heterocycles. The highest BCUT2D eigenvalue weighted by atomic mass is 19.1. The molecule has 2 heterocycles. The zero-order valence-electron chi connectivity index (χ0n) is 19.0. The predicted octanol–water partition coefficient (Wildman–Crippen LogP) is 2.66. The van der Waals surface area contributed by atoms with Gasteiger partial charge in [0.1, 0.15) is 11.4 Å². The predicted molar refractivity (Wildman–Crippen MR) is 117 cm³/mol. The van der Waals surface area contributed by atoms with Crippen LogP contribution in [-0.2, 0) is 19.1 Å². The lowest BCUT2D eigenvalue weighted by Gasteiger charge is -2.36. The third kappa shape index (κ3) is 6.34. The number of amides is 2. The van der Waals surface area contributed by atoms with Crippen molar-refractivity contribution >= 4 is 23.7 Å². The fourth-order valence-electron chi connectivity index (χ4n) is 3.87. The van der Waals surface area contributed by atoms with E-state index in [9.17, 15) is 18.8 Å². The van der Waals surface area contributed by atoms with E-state index in [1.807, 2.05) is 25.7 Å². The van der Waals surface area contributed by atoms with Crippen LogP contribution in [-0.4, -0.2) is 79.2 Å². The number of carbonyl (C=O) groups excluding carboxylic acids is 3. The van der Waals surface area contributed by atoms with Crippen molar-refractivity contribution in [2.45, 2.75) is 39.2 Å². The average molecular weight is 450 g/mol. The second kappa shape index (κ2) is 10.2. The molecule has 2 aliphatic rings. The summed E-state index contributed by atoms with van der Waals surface area (Å²) in [5.41, 5.74) is -0.0303. The summed E-state index contributed by atoms with van der Waals surface area (Å²) in [6.45, 7) is 7.89. The number of para-hydroxylation sites is 1. The third-order valence-electron chi connectivity index (χ3n) is 5.64. The van der Waals surface area contributed by atoms with Gasteiger partial charge in [-0.25, -0.2) is 9.18 Å². The molecular formula is C23H32FN3O5. The largest absolute Gasteiger partial charge is 0.455 e. The van der Waals surface area contributed by atoms with Gasteiger partial charge in [-0.15, -0.1) is 0 Å². The minimum absolute atomic E-state index is 0.252. The molecule has 3 rings (SSSR count). The molecule has 0 spiro atoms. The van der Waals surface area contributed by atoms with Crippen LogP contribution >= 0.6 is 0 Å². The van der Waals surface area contributed by atoms with Crippen LogP contribution in [0.25, 0.3) is 0 Å². The number of likely N-dealkylation sites (tertiary alicyclic amines) is 1. The van der Waals surface area contributed by atoms with Crippen LogP contribution in [0.3, 0.4) is 0 Å². The van der Waals surface area contributed by atoms with Crippen LogP contribution in [0.2, 0.25) is 0 Å². The van der Waals surface area contributed by atoms with Crippen molar-refractivity contribution in [3.05, 3.63) is 30.1 Å². The van der Waals surface area contributed by atoms with E-state index in [0.717, 1.165) is 0 Å². The number of nitrogens with zero attached hydrogens (tertiary/aromatic N) is 3. The summed E-state index contributed by atoms with van der Waals surface area (Å²) in [5, 5.41) is 0. The lowest BCUT2D eigenvalue weighted by molar-refractivity contribution is -0.156. The van der Waals surface area contributed by atoms with Crippen molar-refractivity contribution in [1.29, 1.82) is 0 Å². The number of rotatable bonds is 4. The molecule has 9 heteroatoms. The standard InChI is InChI=1S/C23H32FN3O5/c1-23(2,3)32-22(30)27-10-8-17(9-11-27)21(29)31-16-20(28)26-14-12-25(13-15-26)19-7-5-4-6-18(19)24/h4-7,17H,8-16H2,1-3H3. The Kier molecular flexibility index (Phi) is 7.58. The first-order chi connectivity index (χ1) is 15.1. The first kappa shape index (κ1) is 23.8. The number of hydrogen-bond acceptors (Lipinski definition) is 6. The Bertz CT molecular complexity index is 825. The van der Waals surface area contributed by atoms with Crippen LogP contribution in [0.15, 0.2) is 24.3 Å². The van der Waals surface area contributed by atoms with Gasteiger partial charge >= 0.3 is 12.1 Å².